The minimum Gasteiger partial charge on any atom is -0.490 e. The molecule has 0 spiro atoms. The number of hydrogen-bond donors (Lipinski definition) is 1. The second-order valence-corrected chi connectivity index (χ2v) is 12.0. The molecule has 1 aliphatic rings. The average molecular weight is 439 g/mol. The van der Waals surface area contributed by atoms with E-state index in [0.29, 0.717) is 6.61 Å². The van der Waals surface area contributed by atoms with Gasteiger partial charge in [-0.1, -0.05) is 83.5 Å². The quantitative estimate of drug-likeness (QED) is 0.526. The summed E-state index contributed by atoms with van der Waals surface area (Å²) in [5.74, 6) is 0.899. The first-order valence-corrected chi connectivity index (χ1v) is 12.2. The molecule has 1 aliphatic heterocycles. The second kappa shape index (κ2) is 9.57. The van der Waals surface area contributed by atoms with Crippen molar-refractivity contribution in [1.29, 1.82) is 0 Å². The van der Waals surface area contributed by atoms with Gasteiger partial charge in [0.1, 0.15) is 31.5 Å². The van der Waals surface area contributed by atoms with Gasteiger partial charge in [-0.25, -0.2) is 0 Å². The normalized spacial score (nSPS) is 17.4. The van der Waals surface area contributed by atoms with Crippen LogP contribution in [0.3, 0.4) is 0 Å². The Morgan fingerprint density at radius 2 is 1.53 bits per heavy atom. The van der Waals surface area contributed by atoms with Crippen LogP contribution in [0.5, 0.6) is 5.75 Å². The molecule has 2 aromatic rings. The van der Waals surface area contributed by atoms with Crippen molar-refractivity contribution in [3.63, 3.8) is 0 Å². The Hall–Kier alpha value is -1.84. The van der Waals surface area contributed by atoms with E-state index >= 15 is 0 Å². The van der Waals surface area contributed by atoms with Gasteiger partial charge in [0.05, 0.1) is 13.1 Å². The number of hydrogen-bond acceptors (Lipinski definition) is 2. The molecular formula is C29H44NO2+. The third-order valence-electron chi connectivity index (χ3n) is 6.84. The number of nitrogens with zero attached hydrogens (tertiary/aromatic N) is 1. The van der Waals surface area contributed by atoms with E-state index in [1.807, 2.05) is 0 Å². The minimum absolute atomic E-state index is 0.0181. The van der Waals surface area contributed by atoms with Crippen molar-refractivity contribution in [2.75, 3.05) is 26.2 Å². The maximum absolute atomic E-state index is 11.0. The summed E-state index contributed by atoms with van der Waals surface area (Å²) in [5, 5.41) is 11.0. The largest absolute Gasteiger partial charge is 0.490 e. The Labute approximate surface area is 196 Å². The van der Waals surface area contributed by atoms with Gasteiger partial charge in [-0.15, -0.1) is 0 Å². The fourth-order valence-corrected chi connectivity index (χ4v) is 4.89. The van der Waals surface area contributed by atoms with E-state index in [-0.39, 0.29) is 10.8 Å². The molecule has 0 radical (unpaired) electrons. The highest BCUT2D eigenvalue weighted by molar-refractivity contribution is 5.43. The molecule has 0 unspecified atom stereocenters. The monoisotopic (exact) mass is 438 g/mol. The van der Waals surface area contributed by atoms with Crippen LogP contribution >= 0.6 is 0 Å². The number of aliphatic hydroxyl groups is 1. The van der Waals surface area contributed by atoms with Crippen molar-refractivity contribution < 1.29 is 14.3 Å². The van der Waals surface area contributed by atoms with E-state index in [4.69, 9.17) is 4.74 Å². The van der Waals surface area contributed by atoms with Crippen LogP contribution in [0.2, 0.25) is 0 Å². The van der Waals surface area contributed by atoms with E-state index in [1.54, 1.807) is 0 Å². The highest BCUT2D eigenvalue weighted by Gasteiger charge is 2.35. The summed E-state index contributed by atoms with van der Waals surface area (Å²) in [6.45, 7) is 19.9. The standard InChI is InChI=1S/C29H44NO2/c1-22-10-12-23(13-11-22)19-30(16-8-9-17-30)20-25(31)21-32-27-15-14-24(28(2,3)4)18-26(27)29(5,6)7/h10-15,18,25,31H,8-9,16-17,19-21H2,1-7H3/q+1/t25-/m1/s1. The highest BCUT2D eigenvalue weighted by Crippen LogP contribution is 2.35. The van der Waals surface area contributed by atoms with Crippen LogP contribution in [0.4, 0.5) is 0 Å². The SMILES string of the molecule is Cc1ccc(C[N+]2(C[C@@H](O)COc3ccc(C(C)(C)C)cc3C(C)(C)C)CCCC2)cc1. The first kappa shape index (κ1) is 24.8. The molecule has 32 heavy (non-hydrogen) atoms. The lowest BCUT2D eigenvalue weighted by Gasteiger charge is -2.36. The van der Waals surface area contributed by atoms with Crippen LogP contribution in [-0.4, -0.2) is 41.9 Å². The molecule has 0 aliphatic carbocycles. The molecule has 0 saturated carbocycles. The Bertz CT molecular complexity index is 881. The molecule has 1 N–H and O–H groups in total. The van der Waals surface area contributed by atoms with Gasteiger partial charge in [0.2, 0.25) is 0 Å². The maximum atomic E-state index is 11.0. The van der Waals surface area contributed by atoms with E-state index in [1.165, 1.54) is 35.1 Å². The third kappa shape index (κ3) is 6.36. The Balaban J connectivity index is 1.70. The number of aliphatic hydroxyl groups excluding tert-OH is 1. The summed E-state index contributed by atoms with van der Waals surface area (Å²) in [6, 6.07) is 15.4. The molecule has 1 saturated heterocycles. The number of benzene rings is 2. The summed E-state index contributed by atoms with van der Waals surface area (Å²) >= 11 is 0. The number of likely N-dealkylation sites (tertiary alicyclic amines) is 1. The Kier molecular flexibility index (Phi) is 7.41. The molecule has 0 amide bonds. The molecule has 176 valence electrons. The molecule has 3 rings (SSSR count). The molecule has 3 heteroatoms. The number of ether oxygens (including phenoxy) is 1. The van der Waals surface area contributed by atoms with Gasteiger partial charge in [0.15, 0.2) is 0 Å². The van der Waals surface area contributed by atoms with Gasteiger partial charge in [0, 0.05) is 18.4 Å². The Morgan fingerprint density at radius 1 is 0.906 bits per heavy atom. The topological polar surface area (TPSA) is 29.5 Å². The maximum Gasteiger partial charge on any atom is 0.137 e. The molecule has 3 nitrogen and oxygen atoms in total. The van der Waals surface area contributed by atoms with Gasteiger partial charge in [-0.3, -0.25) is 0 Å². The van der Waals surface area contributed by atoms with E-state index in [0.717, 1.165) is 36.4 Å². The molecular weight excluding hydrogens is 394 g/mol. The predicted molar refractivity (Wildman–Crippen MR) is 134 cm³/mol. The lowest BCUT2D eigenvalue weighted by Crippen LogP contribution is -2.50. The van der Waals surface area contributed by atoms with Crippen LogP contribution in [0.1, 0.15) is 76.6 Å². The van der Waals surface area contributed by atoms with E-state index in [2.05, 4.69) is 90.9 Å². The summed E-state index contributed by atoms with van der Waals surface area (Å²) in [4.78, 5) is 0. The minimum atomic E-state index is -0.478. The lowest BCUT2D eigenvalue weighted by atomic mass is 9.80. The number of quaternary nitrogens is 1. The Morgan fingerprint density at radius 3 is 2.09 bits per heavy atom. The zero-order chi connectivity index (χ0) is 23.6. The first-order valence-electron chi connectivity index (χ1n) is 12.2. The lowest BCUT2D eigenvalue weighted by molar-refractivity contribution is -0.932. The zero-order valence-corrected chi connectivity index (χ0v) is 21.4. The predicted octanol–water partition coefficient (Wildman–Crippen LogP) is 6.14. The summed E-state index contributed by atoms with van der Waals surface area (Å²) in [7, 11) is 0. The van der Waals surface area contributed by atoms with Gasteiger partial charge < -0.3 is 14.3 Å². The number of rotatable bonds is 7. The fourth-order valence-electron chi connectivity index (χ4n) is 4.89. The summed E-state index contributed by atoms with van der Waals surface area (Å²) < 4.78 is 7.22. The molecule has 2 aromatic carbocycles. The summed E-state index contributed by atoms with van der Waals surface area (Å²) in [5.41, 5.74) is 5.26. The van der Waals surface area contributed by atoms with Gasteiger partial charge in [-0.05, 0) is 34.9 Å². The zero-order valence-electron chi connectivity index (χ0n) is 21.4. The molecule has 0 aromatic heterocycles. The van der Waals surface area contributed by atoms with Crippen molar-refractivity contribution in [2.24, 2.45) is 0 Å². The van der Waals surface area contributed by atoms with Crippen molar-refractivity contribution >= 4 is 0 Å². The van der Waals surface area contributed by atoms with Crippen molar-refractivity contribution in [2.45, 2.75) is 84.8 Å². The van der Waals surface area contributed by atoms with Crippen LogP contribution in [0.15, 0.2) is 42.5 Å². The third-order valence-corrected chi connectivity index (χ3v) is 6.84. The second-order valence-electron chi connectivity index (χ2n) is 12.0. The van der Waals surface area contributed by atoms with Crippen molar-refractivity contribution in [3.8, 4) is 5.75 Å². The van der Waals surface area contributed by atoms with Gasteiger partial charge >= 0.3 is 0 Å². The molecule has 1 atom stereocenters. The molecule has 1 heterocycles. The van der Waals surface area contributed by atoms with Crippen molar-refractivity contribution in [3.05, 3.63) is 64.7 Å². The highest BCUT2D eigenvalue weighted by atomic mass is 16.5. The smallest absolute Gasteiger partial charge is 0.137 e. The van der Waals surface area contributed by atoms with E-state index < -0.39 is 6.10 Å². The fraction of sp³-hybridized carbons (Fsp3) is 0.586. The average Bonchev–Trinajstić information content (AvgIpc) is 3.14. The summed E-state index contributed by atoms with van der Waals surface area (Å²) in [6.07, 6.45) is 2.00. The first-order chi connectivity index (χ1) is 14.9. The molecule has 1 fully saturated rings. The number of aryl methyl sites for hydroxylation is 1. The van der Waals surface area contributed by atoms with Gasteiger partial charge in [-0.2, -0.15) is 0 Å². The molecule has 0 bridgehead atoms. The van der Waals surface area contributed by atoms with Crippen LogP contribution in [0, 0.1) is 6.92 Å². The van der Waals surface area contributed by atoms with Gasteiger partial charge in [0.25, 0.3) is 0 Å². The van der Waals surface area contributed by atoms with Crippen LogP contribution in [-0.2, 0) is 17.4 Å². The van der Waals surface area contributed by atoms with Crippen LogP contribution in [0.25, 0.3) is 0 Å². The van der Waals surface area contributed by atoms with E-state index in [9.17, 15) is 5.11 Å². The van der Waals surface area contributed by atoms with Crippen LogP contribution < -0.4 is 4.74 Å². The van der Waals surface area contributed by atoms with Crippen molar-refractivity contribution in [1.82, 2.24) is 0 Å².